The quantitative estimate of drug-likeness (QED) is 0.729. The Bertz CT molecular complexity index is 620. The Morgan fingerprint density at radius 3 is 2.62 bits per heavy atom. The SMILES string of the molecule is CCCCNC(=O)COc1c(F)cc(F)cc1S(N)(=O)=O. The van der Waals surface area contributed by atoms with E-state index in [2.05, 4.69) is 5.32 Å². The van der Waals surface area contributed by atoms with Crippen molar-refractivity contribution in [2.24, 2.45) is 5.14 Å². The summed E-state index contributed by atoms with van der Waals surface area (Å²) in [6.45, 7) is 1.76. The molecule has 0 aliphatic carbocycles. The van der Waals surface area contributed by atoms with Crippen LogP contribution in [0.15, 0.2) is 17.0 Å². The number of carbonyl (C=O) groups excluding carboxylic acids is 1. The average molecular weight is 322 g/mol. The maximum absolute atomic E-state index is 13.6. The van der Waals surface area contributed by atoms with Crippen LogP contribution in [0.3, 0.4) is 0 Å². The van der Waals surface area contributed by atoms with Crippen molar-refractivity contribution in [1.82, 2.24) is 5.32 Å². The van der Waals surface area contributed by atoms with Gasteiger partial charge in [0.25, 0.3) is 5.91 Å². The second kappa shape index (κ2) is 7.32. The Morgan fingerprint density at radius 2 is 2.05 bits per heavy atom. The second-order valence-corrected chi connectivity index (χ2v) is 5.78. The van der Waals surface area contributed by atoms with E-state index in [1.807, 2.05) is 6.92 Å². The van der Waals surface area contributed by atoms with E-state index in [4.69, 9.17) is 9.88 Å². The molecule has 3 N–H and O–H groups in total. The molecular weight excluding hydrogens is 306 g/mol. The number of benzene rings is 1. The van der Waals surface area contributed by atoms with Crippen molar-refractivity contribution in [3.05, 3.63) is 23.8 Å². The summed E-state index contributed by atoms with van der Waals surface area (Å²) < 4.78 is 54.0. The lowest BCUT2D eigenvalue weighted by atomic mass is 10.3. The van der Waals surface area contributed by atoms with E-state index in [9.17, 15) is 22.0 Å². The lowest BCUT2D eigenvalue weighted by molar-refractivity contribution is -0.123. The smallest absolute Gasteiger partial charge is 0.257 e. The normalized spacial score (nSPS) is 11.2. The number of ether oxygens (including phenoxy) is 1. The van der Waals surface area contributed by atoms with Gasteiger partial charge < -0.3 is 10.1 Å². The molecule has 0 heterocycles. The van der Waals surface area contributed by atoms with Gasteiger partial charge in [0.1, 0.15) is 10.7 Å². The lowest BCUT2D eigenvalue weighted by Crippen LogP contribution is -2.30. The molecule has 1 amide bonds. The molecule has 0 aliphatic heterocycles. The Labute approximate surface area is 121 Å². The second-order valence-electron chi connectivity index (χ2n) is 4.25. The summed E-state index contributed by atoms with van der Waals surface area (Å²) in [4.78, 5) is 10.6. The molecule has 1 rings (SSSR count). The van der Waals surface area contributed by atoms with Crippen molar-refractivity contribution < 1.29 is 26.7 Å². The standard InChI is InChI=1S/C12H16F2N2O4S/c1-2-3-4-16-11(17)7-20-12-9(14)5-8(13)6-10(12)21(15,18)19/h5-6H,2-4,7H2,1H3,(H,16,17)(H2,15,18,19). The van der Waals surface area contributed by atoms with Gasteiger partial charge in [-0.25, -0.2) is 22.3 Å². The molecule has 0 saturated carbocycles. The number of primary sulfonamides is 1. The van der Waals surface area contributed by atoms with Crippen LogP contribution in [0.5, 0.6) is 5.75 Å². The fraction of sp³-hybridized carbons (Fsp3) is 0.417. The summed E-state index contributed by atoms with van der Waals surface area (Å²) in [5.74, 6) is -3.69. The highest BCUT2D eigenvalue weighted by Crippen LogP contribution is 2.27. The van der Waals surface area contributed by atoms with Crippen molar-refractivity contribution in [2.45, 2.75) is 24.7 Å². The molecule has 0 saturated heterocycles. The van der Waals surface area contributed by atoms with Gasteiger partial charge in [-0.05, 0) is 12.5 Å². The summed E-state index contributed by atoms with van der Waals surface area (Å²) in [6, 6.07) is 0.974. The number of rotatable bonds is 7. The molecule has 0 atom stereocenters. The van der Waals surface area contributed by atoms with Gasteiger partial charge in [-0.15, -0.1) is 0 Å². The summed E-state index contributed by atoms with van der Waals surface area (Å²) in [7, 11) is -4.38. The summed E-state index contributed by atoms with van der Waals surface area (Å²) in [5, 5.41) is 7.36. The number of nitrogens with two attached hydrogens (primary N) is 1. The van der Waals surface area contributed by atoms with Gasteiger partial charge in [0.2, 0.25) is 10.0 Å². The van der Waals surface area contributed by atoms with E-state index in [0.717, 1.165) is 12.8 Å². The van der Waals surface area contributed by atoms with Crippen LogP contribution in [0.2, 0.25) is 0 Å². The molecule has 9 heteroatoms. The molecule has 118 valence electrons. The largest absolute Gasteiger partial charge is 0.479 e. The van der Waals surface area contributed by atoms with Crippen LogP contribution in [-0.2, 0) is 14.8 Å². The lowest BCUT2D eigenvalue weighted by Gasteiger charge is -2.11. The van der Waals surface area contributed by atoms with Gasteiger partial charge in [-0.2, -0.15) is 0 Å². The Kier molecular flexibility index (Phi) is 6.03. The van der Waals surface area contributed by atoms with E-state index in [0.29, 0.717) is 18.7 Å². The summed E-state index contributed by atoms with van der Waals surface area (Å²) >= 11 is 0. The molecule has 0 bridgehead atoms. The van der Waals surface area contributed by atoms with Crippen LogP contribution >= 0.6 is 0 Å². The van der Waals surface area contributed by atoms with E-state index in [1.165, 1.54) is 0 Å². The van der Waals surface area contributed by atoms with Crippen LogP contribution in [-0.4, -0.2) is 27.5 Å². The van der Waals surface area contributed by atoms with Crippen LogP contribution in [0.4, 0.5) is 8.78 Å². The maximum Gasteiger partial charge on any atom is 0.257 e. The van der Waals surface area contributed by atoms with E-state index in [1.54, 1.807) is 0 Å². The number of hydrogen-bond donors (Lipinski definition) is 2. The van der Waals surface area contributed by atoms with Crippen LogP contribution < -0.4 is 15.2 Å². The molecule has 1 aromatic rings. The van der Waals surface area contributed by atoms with Crippen molar-refractivity contribution in [3.63, 3.8) is 0 Å². The molecule has 0 aliphatic rings. The number of carbonyl (C=O) groups is 1. The predicted octanol–water partition coefficient (Wildman–Crippen LogP) is 0.907. The highest BCUT2D eigenvalue weighted by atomic mass is 32.2. The van der Waals surface area contributed by atoms with Gasteiger partial charge in [-0.3, -0.25) is 4.79 Å². The van der Waals surface area contributed by atoms with Crippen molar-refractivity contribution in [1.29, 1.82) is 0 Å². The fourth-order valence-electron chi connectivity index (χ4n) is 1.48. The molecule has 21 heavy (non-hydrogen) atoms. The van der Waals surface area contributed by atoms with Crippen LogP contribution in [0, 0.1) is 11.6 Å². The molecule has 0 aromatic heterocycles. The van der Waals surface area contributed by atoms with Gasteiger partial charge >= 0.3 is 0 Å². The van der Waals surface area contributed by atoms with Crippen molar-refractivity contribution >= 4 is 15.9 Å². The number of hydrogen-bond acceptors (Lipinski definition) is 4. The first-order chi connectivity index (χ1) is 9.75. The zero-order valence-corrected chi connectivity index (χ0v) is 12.2. The zero-order chi connectivity index (χ0) is 16.0. The fourth-order valence-corrected chi connectivity index (χ4v) is 2.17. The number of unbranched alkanes of at least 4 members (excludes halogenated alkanes) is 1. The van der Waals surface area contributed by atoms with Gasteiger partial charge in [0, 0.05) is 12.6 Å². The third-order valence-electron chi connectivity index (χ3n) is 2.48. The predicted molar refractivity (Wildman–Crippen MR) is 71.1 cm³/mol. The minimum atomic E-state index is -4.38. The first-order valence-electron chi connectivity index (χ1n) is 6.17. The summed E-state index contributed by atoms with van der Waals surface area (Å²) in [6.07, 6.45) is 1.64. The summed E-state index contributed by atoms with van der Waals surface area (Å²) in [5.41, 5.74) is 0. The van der Waals surface area contributed by atoms with Crippen molar-refractivity contribution in [3.8, 4) is 5.75 Å². The highest BCUT2D eigenvalue weighted by Gasteiger charge is 2.22. The molecule has 0 unspecified atom stereocenters. The first kappa shape index (κ1) is 17.3. The van der Waals surface area contributed by atoms with Crippen LogP contribution in [0.1, 0.15) is 19.8 Å². The molecular formula is C12H16F2N2O4S. The van der Waals surface area contributed by atoms with Gasteiger partial charge in [0.15, 0.2) is 18.2 Å². The highest BCUT2D eigenvalue weighted by molar-refractivity contribution is 7.89. The topological polar surface area (TPSA) is 98.5 Å². The molecule has 0 fully saturated rings. The number of sulfonamides is 1. The first-order valence-corrected chi connectivity index (χ1v) is 7.71. The number of amides is 1. The van der Waals surface area contributed by atoms with Gasteiger partial charge in [0.05, 0.1) is 0 Å². The third-order valence-corrected chi connectivity index (χ3v) is 3.40. The molecule has 1 aromatic carbocycles. The van der Waals surface area contributed by atoms with E-state index in [-0.39, 0.29) is 0 Å². The maximum atomic E-state index is 13.6. The average Bonchev–Trinajstić information content (AvgIpc) is 2.36. The Morgan fingerprint density at radius 1 is 1.38 bits per heavy atom. The van der Waals surface area contributed by atoms with E-state index < -0.39 is 44.8 Å². The molecule has 0 spiro atoms. The Hall–Kier alpha value is -1.74. The number of halogens is 2. The minimum absolute atomic E-state index is 0.423. The Balaban J connectivity index is 2.86. The van der Waals surface area contributed by atoms with Gasteiger partial charge in [-0.1, -0.05) is 13.3 Å². The minimum Gasteiger partial charge on any atom is -0.479 e. The zero-order valence-electron chi connectivity index (χ0n) is 11.4. The van der Waals surface area contributed by atoms with Crippen molar-refractivity contribution in [2.75, 3.05) is 13.2 Å². The third kappa shape index (κ3) is 5.27. The molecule has 0 radical (unpaired) electrons. The molecule has 6 nitrogen and oxygen atoms in total. The van der Waals surface area contributed by atoms with E-state index >= 15 is 0 Å². The monoisotopic (exact) mass is 322 g/mol. The van der Waals surface area contributed by atoms with Crippen LogP contribution in [0.25, 0.3) is 0 Å². The number of nitrogens with one attached hydrogen (secondary N) is 1.